The van der Waals surface area contributed by atoms with Crippen LogP contribution in [-0.2, 0) is 6.54 Å². The van der Waals surface area contributed by atoms with Crippen LogP contribution in [0, 0.1) is 0 Å². The van der Waals surface area contributed by atoms with Gasteiger partial charge in [0.05, 0.1) is 0 Å². The predicted octanol–water partition coefficient (Wildman–Crippen LogP) is 2.05. The van der Waals surface area contributed by atoms with Crippen molar-refractivity contribution in [3.8, 4) is 0 Å². The van der Waals surface area contributed by atoms with E-state index in [0.717, 1.165) is 12.1 Å². The summed E-state index contributed by atoms with van der Waals surface area (Å²) < 4.78 is 1.84. The molecule has 0 N–H and O–H groups in total. The highest BCUT2D eigenvalue weighted by molar-refractivity contribution is 6.02. The first-order chi connectivity index (χ1) is 6.15. The van der Waals surface area contributed by atoms with Gasteiger partial charge in [-0.15, -0.1) is 0 Å². The fourth-order valence-electron chi connectivity index (χ4n) is 1.12. The van der Waals surface area contributed by atoms with E-state index in [2.05, 4.69) is 4.98 Å². The minimum atomic E-state index is -0.0214. The van der Waals surface area contributed by atoms with Crippen molar-refractivity contribution in [3.05, 3.63) is 29.9 Å². The van der Waals surface area contributed by atoms with Gasteiger partial charge in [-0.05, 0) is 26.8 Å². The quantitative estimate of drug-likeness (QED) is 0.524. The topological polar surface area (TPSA) is 34.9 Å². The van der Waals surface area contributed by atoms with E-state index in [1.807, 2.05) is 31.5 Å². The summed E-state index contributed by atoms with van der Waals surface area (Å²) in [6, 6.07) is 0. The van der Waals surface area contributed by atoms with Crippen LogP contribution in [0.1, 0.15) is 31.4 Å². The van der Waals surface area contributed by atoms with Crippen LogP contribution in [0.25, 0.3) is 0 Å². The minimum absolute atomic E-state index is 0.0214. The van der Waals surface area contributed by atoms with Gasteiger partial charge in [0.1, 0.15) is 0 Å². The van der Waals surface area contributed by atoms with E-state index in [4.69, 9.17) is 0 Å². The Hall–Kier alpha value is -1.38. The molecule has 0 fully saturated rings. The van der Waals surface area contributed by atoms with Gasteiger partial charge in [-0.2, -0.15) is 0 Å². The molecule has 0 aliphatic rings. The molecule has 3 nitrogen and oxygen atoms in total. The average Bonchev–Trinajstić information content (AvgIpc) is 2.49. The van der Waals surface area contributed by atoms with Gasteiger partial charge in [-0.25, -0.2) is 4.98 Å². The number of carbonyl (C=O) groups excluding carboxylic acids is 1. The van der Waals surface area contributed by atoms with E-state index in [9.17, 15) is 4.79 Å². The lowest BCUT2D eigenvalue weighted by atomic mass is 10.2. The van der Waals surface area contributed by atoms with Crippen molar-refractivity contribution in [1.82, 2.24) is 9.55 Å². The van der Waals surface area contributed by atoms with E-state index in [0.29, 0.717) is 5.82 Å². The Morgan fingerprint density at radius 3 is 2.85 bits per heavy atom. The van der Waals surface area contributed by atoms with Crippen LogP contribution in [0.5, 0.6) is 0 Å². The van der Waals surface area contributed by atoms with Crippen LogP contribution in [0.3, 0.4) is 0 Å². The number of hydrogen-bond donors (Lipinski definition) is 0. The highest BCUT2D eigenvalue weighted by Gasteiger charge is 2.08. The van der Waals surface area contributed by atoms with E-state index in [1.165, 1.54) is 0 Å². The van der Waals surface area contributed by atoms with E-state index in [1.54, 1.807) is 12.3 Å². The number of imidazole rings is 1. The second-order valence-electron chi connectivity index (χ2n) is 3.12. The maximum Gasteiger partial charge on any atom is 0.221 e. The van der Waals surface area contributed by atoms with Crippen LogP contribution in [-0.4, -0.2) is 15.3 Å². The number of allylic oxidation sites excluding steroid dienone is 2. The summed E-state index contributed by atoms with van der Waals surface area (Å²) in [5, 5.41) is 0. The summed E-state index contributed by atoms with van der Waals surface area (Å²) >= 11 is 0. The zero-order valence-corrected chi connectivity index (χ0v) is 8.24. The molecule has 0 aliphatic carbocycles. The predicted molar refractivity (Wildman–Crippen MR) is 51.7 cm³/mol. The summed E-state index contributed by atoms with van der Waals surface area (Å²) in [5.41, 5.74) is 0.996. The van der Waals surface area contributed by atoms with Crippen molar-refractivity contribution in [2.24, 2.45) is 0 Å². The van der Waals surface area contributed by atoms with Crippen molar-refractivity contribution < 1.29 is 4.79 Å². The number of rotatable bonds is 3. The maximum atomic E-state index is 11.5. The lowest BCUT2D eigenvalue weighted by Gasteiger charge is -2.00. The molecule has 0 saturated carbocycles. The molecule has 1 rings (SSSR count). The van der Waals surface area contributed by atoms with Crippen molar-refractivity contribution in [3.63, 3.8) is 0 Å². The Kier molecular flexibility index (Phi) is 3.01. The summed E-state index contributed by atoms with van der Waals surface area (Å²) in [6.07, 6.45) is 5.07. The normalized spacial score (nSPS) is 9.77. The molecule has 0 spiro atoms. The van der Waals surface area contributed by atoms with Gasteiger partial charge < -0.3 is 4.57 Å². The number of nitrogens with zero attached hydrogens (tertiary/aromatic N) is 2. The van der Waals surface area contributed by atoms with Crippen LogP contribution in [0.2, 0.25) is 0 Å². The molecule has 1 aromatic heterocycles. The fourth-order valence-corrected chi connectivity index (χ4v) is 1.12. The Morgan fingerprint density at radius 1 is 1.62 bits per heavy atom. The number of aromatic nitrogens is 2. The molecular formula is C10H14N2O. The zero-order valence-electron chi connectivity index (χ0n) is 8.24. The van der Waals surface area contributed by atoms with Crippen molar-refractivity contribution in [1.29, 1.82) is 0 Å². The molecule has 0 amide bonds. The first-order valence-corrected chi connectivity index (χ1v) is 4.35. The van der Waals surface area contributed by atoms with Gasteiger partial charge in [0.15, 0.2) is 5.82 Å². The molecule has 1 heterocycles. The summed E-state index contributed by atoms with van der Waals surface area (Å²) in [6.45, 7) is 6.56. The highest BCUT2D eigenvalue weighted by Crippen LogP contribution is 2.01. The van der Waals surface area contributed by atoms with Gasteiger partial charge >= 0.3 is 0 Å². The number of hydrogen-bond acceptors (Lipinski definition) is 2. The SMILES string of the molecule is CCn1ccnc1C(=O)C=C(C)C. The Balaban J connectivity index is 2.95. The zero-order chi connectivity index (χ0) is 9.84. The number of aryl methyl sites for hydroxylation is 1. The third kappa shape index (κ3) is 2.28. The average molecular weight is 178 g/mol. The van der Waals surface area contributed by atoms with E-state index in [-0.39, 0.29) is 5.78 Å². The second kappa shape index (κ2) is 4.03. The van der Waals surface area contributed by atoms with Gasteiger partial charge in [-0.1, -0.05) is 5.57 Å². The molecule has 3 heteroatoms. The summed E-state index contributed by atoms with van der Waals surface area (Å²) in [7, 11) is 0. The molecule has 70 valence electrons. The minimum Gasteiger partial charge on any atom is -0.329 e. The molecule has 0 aliphatic heterocycles. The highest BCUT2D eigenvalue weighted by atomic mass is 16.1. The first-order valence-electron chi connectivity index (χ1n) is 4.35. The molecule has 0 atom stereocenters. The third-order valence-corrected chi connectivity index (χ3v) is 1.70. The molecule has 0 bridgehead atoms. The molecular weight excluding hydrogens is 164 g/mol. The van der Waals surface area contributed by atoms with Crippen molar-refractivity contribution in [2.45, 2.75) is 27.3 Å². The Morgan fingerprint density at radius 2 is 2.31 bits per heavy atom. The van der Waals surface area contributed by atoms with Crippen LogP contribution in [0.15, 0.2) is 24.0 Å². The number of carbonyl (C=O) groups is 1. The van der Waals surface area contributed by atoms with Crippen molar-refractivity contribution >= 4 is 5.78 Å². The maximum absolute atomic E-state index is 11.5. The Labute approximate surface area is 78.1 Å². The molecule has 0 aromatic carbocycles. The summed E-state index contributed by atoms with van der Waals surface area (Å²) in [4.78, 5) is 15.5. The molecule has 0 saturated heterocycles. The van der Waals surface area contributed by atoms with Gasteiger partial charge in [0.25, 0.3) is 0 Å². The second-order valence-corrected chi connectivity index (χ2v) is 3.12. The summed E-state index contributed by atoms with van der Waals surface area (Å²) in [5.74, 6) is 0.496. The molecule has 0 radical (unpaired) electrons. The largest absolute Gasteiger partial charge is 0.329 e. The molecule has 1 aromatic rings. The van der Waals surface area contributed by atoms with Crippen LogP contribution < -0.4 is 0 Å². The van der Waals surface area contributed by atoms with Gasteiger partial charge in [0, 0.05) is 18.9 Å². The van der Waals surface area contributed by atoms with E-state index < -0.39 is 0 Å². The smallest absolute Gasteiger partial charge is 0.221 e. The lowest BCUT2D eigenvalue weighted by molar-refractivity contribution is 0.103. The van der Waals surface area contributed by atoms with Gasteiger partial charge in [0.2, 0.25) is 5.78 Å². The Bertz CT molecular complexity index is 332. The first kappa shape index (κ1) is 9.71. The monoisotopic (exact) mass is 178 g/mol. The van der Waals surface area contributed by atoms with Crippen LogP contribution in [0.4, 0.5) is 0 Å². The van der Waals surface area contributed by atoms with Gasteiger partial charge in [-0.3, -0.25) is 4.79 Å². The fraction of sp³-hybridized carbons (Fsp3) is 0.400. The van der Waals surface area contributed by atoms with Crippen molar-refractivity contribution in [2.75, 3.05) is 0 Å². The van der Waals surface area contributed by atoms with Crippen LogP contribution >= 0.6 is 0 Å². The molecule has 13 heavy (non-hydrogen) atoms. The van der Waals surface area contributed by atoms with E-state index >= 15 is 0 Å². The molecule has 0 unspecified atom stereocenters. The third-order valence-electron chi connectivity index (χ3n) is 1.70. The lowest BCUT2D eigenvalue weighted by Crippen LogP contribution is -2.07. The number of ketones is 1. The standard InChI is InChI=1S/C10H14N2O/c1-4-12-6-5-11-10(12)9(13)7-8(2)3/h5-7H,4H2,1-3H3.